The molecular formula is C9H6BrFO. The summed E-state index contributed by atoms with van der Waals surface area (Å²) in [5, 5.41) is 0. The highest BCUT2D eigenvalue weighted by molar-refractivity contribution is 9.10. The van der Waals surface area contributed by atoms with Gasteiger partial charge in [-0.15, -0.1) is 6.42 Å². The lowest BCUT2D eigenvalue weighted by Crippen LogP contribution is -1.93. The van der Waals surface area contributed by atoms with Gasteiger partial charge in [0.1, 0.15) is 18.2 Å². The molecule has 0 radical (unpaired) electrons. The lowest BCUT2D eigenvalue weighted by molar-refractivity contribution is 0.369. The van der Waals surface area contributed by atoms with Crippen LogP contribution in [0.15, 0.2) is 22.7 Å². The number of hydrogen-bond acceptors (Lipinski definition) is 1. The van der Waals surface area contributed by atoms with E-state index in [0.717, 1.165) is 0 Å². The predicted octanol–water partition coefficient (Wildman–Crippen LogP) is 2.60. The van der Waals surface area contributed by atoms with Gasteiger partial charge >= 0.3 is 0 Å². The Morgan fingerprint density at radius 2 is 2.33 bits per heavy atom. The van der Waals surface area contributed by atoms with E-state index in [9.17, 15) is 4.39 Å². The molecule has 3 heteroatoms. The van der Waals surface area contributed by atoms with Gasteiger partial charge in [0.15, 0.2) is 0 Å². The second-order valence-corrected chi connectivity index (χ2v) is 2.92. The Hall–Kier alpha value is -1.01. The summed E-state index contributed by atoms with van der Waals surface area (Å²) in [5.74, 6) is 2.56. The van der Waals surface area contributed by atoms with Crippen molar-refractivity contribution in [3.63, 3.8) is 0 Å². The first-order valence-electron chi connectivity index (χ1n) is 3.25. The van der Waals surface area contributed by atoms with Crippen LogP contribution in [0.4, 0.5) is 4.39 Å². The van der Waals surface area contributed by atoms with Crippen molar-refractivity contribution in [2.24, 2.45) is 0 Å². The third-order valence-electron chi connectivity index (χ3n) is 1.21. The first-order valence-corrected chi connectivity index (χ1v) is 4.04. The molecule has 0 aliphatic rings. The van der Waals surface area contributed by atoms with Crippen molar-refractivity contribution in [3.05, 3.63) is 28.5 Å². The topological polar surface area (TPSA) is 9.23 Å². The molecule has 62 valence electrons. The van der Waals surface area contributed by atoms with E-state index in [1.165, 1.54) is 18.2 Å². The van der Waals surface area contributed by atoms with E-state index < -0.39 is 0 Å². The van der Waals surface area contributed by atoms with Gasteiger partial charge in [0.25, 0.3) is 0 Å². The number of hydrogen-bond donors (Lipinski definition) is 0. The highest BCUT2D eigenvalue weighted by atomic mass is 79.9. The first-order chi connectivity index (χ1) is 5.74. The summed E-state index contributed by atoms with van der Waals surface area (Å²) in [4.78, 5) is 0. The van der Waals surface area contributed by atoms with Gasteiger partial charge in [-0.2, -0.15) is 0 Å². The molecular weight excluding hydrogens is 223 g/mol. The molecule has 0 aliphatic carbocycles. The zero-order valence-electron chi connectivity index (χ0n) is 6.18. The maximum Gasteiger partial charge on any atom is 0.148 e. The molecule has 0 aliphatic heterocycles. The van der Waals surface area contributed by atoms with Crippen LogP contribution < -0.4 is 4.74 Å². The van der Waals surface area contributed by atoms with Crippen molar-refractivity contribution in [2.75, 3.05) is 6.61 Å². The fourth-order valence-corrected chi connectivity index (χ4v) is 1.05. The minimum Gasteiger partial charge on any atom is -0.481 e. The van der Waals surface area contributed by atoms with Gasteiger partial charge in [0, 0.05) is 0 Å². The predicted molar refractivity (Wildman–Crippen MR) is 48.4 cm³/mol. The summed E-state index contributed by atoms with van der Waals surface area (Å²) in [6, 6.07) is 4.38. The van der Waals surface area contributed by atoms with Gasteiger partial charge in [-0.3, -0.25) is 0 Å². The number of halogens is 2. The van der Waals surface area contributed by atoms with Crippen LogP contribution in [0.5, 0.6) is 5.75 Å². The molecule has 0 aromatic heterocycles. The molecule has 1 aromatic carbocycles. The van der Waals surface area contributed by atoms with E-state index in [4.69, 9.17) is 11.2 Å². The summed E-state index contributed by atoms with van der Waals surface area (Å²) in [6.07, 6.45) is 4.98. The Morgan fingerprint density at radius 1 is 1.58 bits per heavy atom. The molecule has 0 N–H and O–H groups in total. The maximum absolute atomic E-state index is 12.7. The minimum absolute atomic E-state index is 0.193. The zero-order valence-corrected chi connectivity index (χ0v) is 7.77. The summed E-state index contributed by atoms with van der Waals surface area (Å²) in [5.41, 5.74) is 0. The molecule has 0 unspecified atom stereocenters. The third kappa shape index (κ3) is 2.24. The molecule has 0 bridgehead atoms. The summed E-state index contributed by atoms with van der Waals surface area (Å²) in [6.45, 7) is 0.193. The van der Waals surface area contributed by atoms with E-state index in [0.29, 0.717) is 10.2 Å². The molecule has 0 saturated carbocycles. The van der Waals surface area contributed by atoms with Crippen LogP contribution in [0, 0.1) is 18.2 Å². The standard InChI is InChI=1S/C9H6BrFO/c1-2-5-12-7-3-4-9(11)8(10)6-7/h1,3-4,6H,5H2. The molecule has 0 spiro atoms. The fraction of sp³-hybridized carbons (Fsp3) is 0.111. The SMILES string of the molecule is C#CCOc1ccc(F)c(Br)c1. The van der Waals surface area contributed by atoms with Gasteiger partial charge in [-0.1, -0.05) is 5.92 Å². The van der Waals surface area contributed by atoms with Gasteiger partial charge in [0.2, 0.25) is 0 Å². The Morgan fingerprint density at radius 3 is 2.92 bits per heavy atom. The van der Waals surface area contributed by atoms with E-state index in [1.807, 2.05) is 0 Å². The number of benzene rings is 1. The summed E-state index contributed by atoms with van der Waals surface area (Å²) >= 11 is 3.03. The van der Waals surface area contributed by atoms with Crippen molar-refractivity contribution in [1.82, 2.24) is 0 Å². The molecule has 0 fully saturated rings. The van der Waals surface area contributed by atoms with Crippen molar-refractivity contribution < 1.29 is 9.13 Å². The highest BCUT2D eigenvalue weighted by Gasteiger charge is 1.99. The van der Waals surface area contributed by atoms with E-state index in [-0.39, 0.29) is 12.4 Å². The Labute approximate surface area is 78.7 Å². The van der Waals surface area contributed by atoms with Crippen LogP contribution in [0.3, 0.4) is 0 Å². The Balaban J connectivity index is 2.77. The molecule has 0 atom stereocenters. The van der Waals surface area contributed by atoms with Crippen LogP contribution in [0.25, 0.3) is 0 Å². The normalized spacial score (nSPS) is 9.08. The summed E-state index contributed by atoms with van der Waals surface area (Å²) in [7, 11) is 0. The van der Waals surface area contributed by atoms with Crippen LogP contribution in [-0.4, -0.2) is 6.61 Å². The average molecular weight is 229 g/mol. The highest BCUT2D eigenvalue weighted by Crippen LogP contribution is 2.21. The van der Waals surface area contributed by atoms with Gasteiger partial charge in [0.05, 0.1) is 4.47 Å². The quantitative estimate of drug-likeness (QED) is 0.708. The lowest BCUT2D eigenvalue weighted by Gasteiger charge is -2.02. The molecule has 1 rings (SSSR count). The van der Waals surface area contributed by atoms with Crippen LogP contribution in [0.2, 0.25) is 0 Å². The Bertz CT molecular complexity index is 317. The van der Waals surface area contributed by atoms with Crippen molar-refractivity contribution in [2.45, 2.75) is 0 Å². The smallest absolute Gasteiger partial charge is 0.148 e. The van der Waals surface area contributed by atoms with E-state index in [2.05, 4.69) is 21.9 Å². The second kappa shape index (κ2) is 4.13. The van der Waals surface area contributed by atoms with Crippen molar-refractivity contribution >= 4 is 15.9 Å². The largest absolute Gasteiger partial charge is 0.481 e. The lowest BCUT2D eigenvalue weighted by atomic mass is 10.3. The van der Waals surface area contributed by atoms with Crippen molar-refractivity contribution in [3.8, 4) is 18.1 Å². The first kappa shape index (κ1) is 9.08. The summed E-state index contributed by atoms with van der Waals surface area (Å²) < 4.78 is 18.1. The van der Waals surface area contributed by atoms with Gasteiger partial charge in [-0.05, 0) is 34.1 Å². The second-order valence-electron chi connectivity index (χ2n) is 2.07. The van der Waals surface area contributed by atoms with E-state index in [1.54, 1.807) is 0 Å². The number of terminal acetylenes is 1. The third-order valence-corrected chi connectivity index (χ3v) is 1.82. The monoisotopic (exact) mass is 228 g/mol. The zero-order chi connectivity index (χ0) is 8.97. The average Bonchev–Trinajstić information content (AvgIpc) is 2.07. The molecule has 0 saturated heterocycles. The number of rotatable bonds is 2. The Kier molecular flexibility index (Phi) is 3.12. The molecule has 0 heterocycles. The van der Waals surface area contributed by atoms with E-state index >= 15 is 0 Å². The molecule has 1 aromatic rings. The fourth-order valence-electron chi connectivity index (χ4n) is 0.692. The van der Waals surface area contributed by atoms with Crippen LogP contribution in [0.1, 0.15) is 0 Å². The molecule has 12 heavy (non-hydrogen) atoms. The van der Waals surface area contributed by atoms with Crippen molar-refractivity contribution in [1.29, 1.82) is 0 Å². The van der Waals surface area contributed by atoms with Gasteiger partial charge < -0.3 is 4.74 Å². The molecule has 0 amide bonds. The van der Waals surface area contributed by atoms with Crippen LogP contribution in [-0.2, 0) is 0 Å². The number of ether oxygens (including phenoxy) is 1. The maximum atomic E-state index is 12.7. The van der Waals surface area contributed by atoms with Gasteiger partial charge in [-0.25, -0.2) is 4.39 Å². The van der Waals surface area contributed by atoms with Crippen LogP contribution >= 0.6 is 15.9 Å². The minimum atomic E-state index is -0.317. The molecule has 1 nitrogen and oxygen atoms in total.